The highest BCUT2D eigenvalue weighted by Gasteiger charge is 2.31. The van der Waals surface area contributed by atoms with Crippen molar-refractivity contribution in [3.8, 4) is 11.5 Å². The fourth-order valence-electron chi connectivity index (χ4n) is 1.74. The summed E-state index contributed by atoms with van der Waals surface area (Å²) in [5.41, 5.74) is 0.239. The van der Waals surface area contributed by atoms with Crippen molar-refractivity contribution in [1.82, 2.24) is 0 Å². The van der Waals surface area contributed by atoms with Crippen LogP contribution in [0, 0.1) is 0 Å². The first-order chi connectivity index (χ1) is 9.15. The second-order valence-corrected chi connectivity index (χ2v) is 3.92. The Labute approximate surface area is 110 Å². The molecule has 1 saturated heterocycles. The van der Waals surface area contributed by atoms with Gasteiger partial charge >= 0.3 is 11.9 Å². The highest BCUT2D eigenvalue weighted by molar-refractivity contribution is 5.94. The van der Waals surface area contributed by atoms with Crippen LogP contribution in [0.3, 0.4) is 0 Å². The minimum absolute atomic E-state index is 0.239. The Morgan fingerprint density at radius 2 is 2.11 bits per heavy atom. The smallest absolute Gasteiger partial charge is 0.347 e. The van der Waals surface area contributed by atoms with Gasteiger partial charge in [-0.2, -0.15) is 0 Å². The molecule has 1 atom stereocenters. The van der Waals surface area contributed by atoms with Crippen molar-refractivity contribution in [3.63, 3.8) is 0 Å². The van der Waals surface area contributed by atoms with E-state index in [-0.39, 0.29) is 12.2 Å². The van der Waals surface area contributed by atoms with E-state index in [1.807, 2.05) is 0 Å². The lowest BCUT2D eigenvalue weighted by Crippen LogP contribution is -2.23. The van der Waals surface area contributed by atoms with Gasteiger partial charge < -0.3 is 18.9 Å². The molecule has 0 aromatic heterocycles. The summed E-state index contributed by atoms with van der Waals surface area (Å²) in [6, 6.07) is 4.72. The van der Waals surface area contributed by atoms with Crippen molar-refractivity contribution in [1.29, 1.82) is 0 Å². The Bertz CT molecular complexity index is 496. The first kappa shape index (κ1) is 13.2. The van der Waals surface area contributed by atoms with Crippen LogP contribution in [0.15, 0.2) is 18.2 Å². The van der Waals surface area contributed by atoms with Crippen LogP contribution < -0.4 is 9.47 Å². The number of carbonyl (C=O) groups is 2. The predicted molar refractivity (Wildman–Crippen MR) is 64.3 cm³/mol. The van der Waals surface area contributed by atoms with Crippen molar-refractivity contribution in [2.45, 2.75) is 12.5 Å². The number of carbonyl (C=O) groups excluding carboxylic acids is 2. The molecule has 0 radical (unpaired) electrons. The molecule has 0 aliphatic carbocycles. The van der Waals surface area contributed by atoms with Crippen molar-refractivity contribution >= 4 is 11.9 Å². The van der Waals surface area contributed by atoms with Crippen molar-refractivity contribution in [2.75, 3.05) is 20.8 Å². The quantitative estimate of drug-likeness (QED) is 0.762. The average molecular weight is 266 g/mol. The van der Waals surface area contributed by atoms with E-state index in [1.165, 1.54) is 20.3 Å². The van der Waals surface area contributed by atoms with Gasteiger partial charge in [-0.15, -0.1) is 0 Å². The molecule has 0 bridgehead atoms. The van der Waals surface area contributed by atoms with Gasteiger partial charge in [-0.3, -0.25) is 0 Å². The van der Waals surface area contributed by atoms with E-state index in [2.05, 4.69) is 0 Å². The van der Waals surface area contributed by atoms with Gasteiger partial charge in [0.2, 0.25) is 6.10 Å². The van der Waals surface area contributed by atoms with Crippen molar-refractivity contribution in [3.05, 3.63) is 23.8 Å². The zero-order chi connectivity index (χ0) is 13.8. The number of cyclic esters (lactones) is 1. The van der Waals surface area contributed by atoms with Gasteiger partial charge in [-0.05, 0) is 12.1 Å². The molecule has 0 spiro atoms. The number of benzene rings is 1. The topological polar surface area (TPSA) is 71.1 Å². The first-order valence-electron chi connectivity index (χ1n) is 5.75. The molecule has 0 amide bonds. The summed E-state index contributed by atoms with van der Waals surface area (Å²) in [5.74, 6) is -0.242. The van der Waals surface area contributed by atoms with Gasteiger partial charge in [0.15, 0.2) is 0 Å². The molecule has 1 aromatic carbocycles. The monoisotopic (exact) mass is 266 g/mol. The fourth-order valence-corrected chi connectivity index (χ4v) is 1.74. The summed E-state index contributed by atoms with van der Waals surface area (Å²) in [5, 5.41) is 0. The molecule has 2 rings (SSSR count). The van der Waals surface area contributed by atoms with Gasteiger partial charge in [0.1, 0.15) is 17.1 Å². The standard InChI is InChI=1S/C13H14O6/c1-16-8-3-4-9(11(7-8)17-2)12(14)19-10-5-6-18-13(10)15/h3-4,7,10H,5-6H2,1-2H3/t10-/m1/s1. The summed E-state index contributed by atoms with van der Waals surface area (Å²) in [7, 11) is 2.96. The lowest BCUT2D eigenvalue weighted by molar-refractivity contribution is -0.145. The third kappa shape index (κ3) is 2.78. The van der Waals surface area contributed by atoms with Crippen LogP contribution in [0.5, 0.6) is 11.5 Å². The highest BCUT2D eigenvalue weighted by Crippen LogP contribution is 2.26. The molecule has 1 fully saturated rings. The summed E-state index contributed by atoms with van der Waals surface area (Å²) in [6.45, 7) is 0.274. The SMILES string of the molecule is COc1ccc(C(=O)O[C@@H]2CCOC2=O)c(OC)c1. The summed E-state index contributed by atoms with van der Waals surface area (Å²) in [4.78, 5) is 23.2. The van der Waals surface area contributed by atoms with Crippen molar-refractivity contribution < 1.29 is 28.5 Å². The number of esters is 2. The molecule has 0 N–H and O–H groups in total. The Morgan fingerprint density at radius 1 is 1.32 bits per heavy atom. The second-order valence-electron chi connectivity index (χ2n) is 3.92. The van der Waals surface area contributed by atoms with Crippen LogP contribution in [-0.4, -0.2) is 38.9 Å². The van der Waals surface area contributed by atoms with Gasteiger partial charge in [0, 0.05) is 12.5 Å². The lowest BCUT2D eigenvalue weighted by atomic mass is 10.2. The maximum atomic E-state index is 12.0. The zero-order valence-electron chi connectivity index (χ0n) is 10.7. The minimum atomic E-state index is -0.834. The van der Waals surface area contributed by atoms with Crippen LogP contribution >= 0.6 is 0 Å². The summed E-state index contributed by atoms with van der Waals surface area (Å²) in [6.07, 6.45) is -0.456. The van der Waals surface area contributed by atoms with Crippen LogP contribution in [-0.2, 0) is 14.3 Å². The summed E-state index contributed by atoms with van der Waals surface area (Å²) < 4.78 is 20.0. The van der Waals surface area contributed by atoms with E-state index in [0.717, 1.165) is 0 Å². The molecule has 6 heteroatoms. The third-order valence-corrected chi connectivity index (χ3v) is 2.77. The lowest BCUT2D eigenvalue weighted by Gasteiger charge is -2.12. The Hall–Kier alpha value is -2.24. The Balaban J connectivity index is 2.16. The zero-order valence-corrected chi connectivity index (χ0v) is 10.7. The average Bonchev–Trinajstić information content (AvgIpc) is 2.83. The predicted octanol–water partition coefficient (Wildman–Crippen LogP) is 1.18. The van der Waals surface area contributed by atoms with E-state index in [9.17, 15) is 9.59 Å². The third-order valence-electron chi connectivity index (χ3n) is 2.77. The maximum absolute atomic E-state index is 12.0. The molecule has 1 aromatic rings. The number of hydrogen-bond donors (Lipinski definition) is 0. The first-order valence-corrected chi connectivity index (χ1v) is 5.75. The molecule has 1 aliphatic rings. The van der Waals surface area contributed by atoms with Gasteiger partial charge in [-0.1, -0.05) is 0 Å². The number of hydrogen-bond acceptors (Lipinski definition) is 6. The summed E-state index contributed by atoms with van der Waals surface area (Å²) >= 11 is 0. The van der Waals surface area contributed by atoms with E-state index in [1.54, 1.807) is 12.1 Å². The molecule has 0 saturated carbocycles. The molecule has 6 nitrogen and oxygen atoms in total. The van der Waals surface area contributed by atoms with Gasteiger partial charge in [-0.25, -0.2) is 9.59 Å². The van der Waals surface area contributed by atoms with Crippen molar-refractivity contribution in [2.24, 2.45) is 0 Å². The normalized spacial score (nSPS) is 17.8. The van der Waals surface area contributed by atoms with Crippen LogP contribution in [0.25, 0.3) is 0 Å². The highest BCUT2D eigenvalue weighted by atomic mass is 16.6. The second kappa shape index (κ2) is 5.60. The van der Waals surface area contributed by atoms with E-state index in [0.29, 0.717) is 17.9 Å². The van der Waals surface area contributed by atoms with Gasteiger partial charge in [0.05, 0.1) is 20.8 Å². The van der Waals surface area contributed by atoms with Crippen LogP contribution in [0.2, 0.25) is 0 Å². The molecule has 19 heavy (non-hydrogen) atoms. The largest absolute Gasteiger partial charge is 0.497 e. The number of ether oxygens (including phenoxy) is 4. The molecule has 1 aliphatic heterocycles. The maximum Gasteiger partial charge on any atom is 0.347 e. The van der Waals surface area contributed by atoms with Crippen LogP contribution in [0.4, 0.5) is 0 Å². The van der Waals surface area contributed by atoms with E-state index in [4.69, 9.17) is 18.9 Å². The molecular formula is C13H14O6. The minimum Gasteiger partial charge on any atom is -0.497 e. The van der Waals surface area contributed by atoms with Gasteiger partial charge in [0.25, 0.3) is 0 Å². The van der Waals surface area contributed by atoms with Crippen LogP contribution in [0.1, 0.15) is 16.8 Å². The Kier molecular flexibility index (Phi) is 3.89. The number of rotatable bonds is 4. The molecular weight excluding hydrogens is 252 g/mol. The number of methoxy groups -OCH3 is 2. The van der Waals surface area contributed by atoms with E-state index >= 15 is 0 Å². The molecule has 0 unspecified atom stereocenters. The molecule has 1 heterocycles. The Morgan fingerprint density at radius 3 is 2.68 bits per heavy atom. The fraction of sp³-hybridized carbons (Fsp3) is 0.385. The van der Waals surface area contributed by atoms with E-state index < -0.39 is 18.0 Å². The molecule has 102 valence electrons.